The van der Waals surface area contributed by atoms with Crippen LogP contribution < -0.4 is 0 Å². The monoisotopic (exact) mass is 2500 g/mol. The number of rotatable bonds is 47. The molecule has 1 saturated heterocycles. The van der Waals surface area contributed by atoms with Crippen molar-refractivity contribution in [3.63, 3.8) is 0 Å². The zero-order valence-electron chi connectivity index (χ0n) is 61.0. The van der Waals surface area contributed by atoms with Crippen LogP contribution in [0.25, 0.3) is 0 Å². The Bertz CT molecular complexity index is 4080. The third-order valence-corrected chi connectivity index (χ3v) is 25.3. The molecule has 1 N–H and O–H groups in total. The van der Waals surface area contributed by atoms with Crippen LogP contribution in [-0.2, 0) is 4.74 Å². The Morgan fingerprint density at radius 1 is 0.191 bits per heavy atom. The zero-order valence-corrected chi connectivity index (χ0v) is 66.4. The first kappa shape index (κ1) is 135. The number of aliphatic hydroxyl groups excluding tert-OH is 1. The smallest absolute Gasteiger partial charge is 0.390 e. The van der Waals surface area contributed by atoms with Crippen LogP contribution in [0, 0.1) is 10.8 Å². The average molecular weight is 2500 g/mol. The van der Waals surface area contributed by atoms with Gasteiger partial charge in [0.15, 0.2) is 0 Å². The molecule has 0 bridgehead atoms. The topological polar surface area (TPSA) is 29.5 Å². The predicted molar refractivity (Wildman–Crippen MR) is 292 cm³/mol. The largest absolute Gasteiger partial charge is 0.460 e. The van der Waals surface area contributed by atoms with E-state index in [9.17, 15) is 269 Å². The van der Waals surface area contributed by atoms with Gasteiger partial charge < -0.3 is 9.84 Å². The predicted octanol–water partition coefficient (Wildman–Crippen LogP) is 30.0. The molecule has 141 heavy (non-hydrogen) atoms. The van der Waals surface area contributed by atoms with Gasteiger partial charge >= 0.3 is 235 Å². The Hall–Kier alpha value is -3.83. The van der Waals surface area contributed by atoms with Gasteiger partial charge in [-0.2, -0.15) is 369 Å². The zero-order chi connectivity index (χ0) is 116. The first-order valence-corrected chi connectivity index (χ1v) is 36.4. The Morgan fingerprint density at radius 2 is 0.305 bits per heavy atom. The summed E-state index contributed by atoms with van der Waals surface area (Å²) in [5, 5.41) is -25.0. The van der Waals surface area contributed by atoms with E-state index in [-0.39, 0.29) is 0 Å². The van der Waals surface area contributed by atoms with Crippen molar-refractivity contribution < 1.29 is 379 Å². The Morgan fingerprint density at radius 3 is 0.411 bits per heavy atom. The van der Waals surface area contributed by atoms with Crippen LogP contribution in [-0.4, -0.2) is 287 Å². The van der Waals surface area contributed by atoms with Crippen molar-refractivity contribution in [2.24, 2.45) is 10.8 Å². The number of aliphatic hydroxyl groups is 1. The van der Waals surface area contributed by atoms with Crippen LogP contribution >= 0.6 is 69.6 Å². The fraction of sp³-hybridized carbons (Fsp3) is 1.00. The molecule has 1 aliphatic heterocycles. The van der Waals surface area contributed by atoms with Gasteiger partial charge in [0.25, 0.3) is 0 Å². The van der Waals surface area contributed by atoms with E-state index in [0.717, 1.165) is 0 Å². The minimum atomic E-state index is -10.5. The number of halogens is 85. The lowest BCUT2D eigenvalue weighted by atomic mass is 9.71. The second-order valence-electron chi connectivity index (χ2n) is 27.6. The average Bonchev–Trinajstić information content (AvgIpc) is 0.692. The SMILES string of the molecule is OC(C1OCC1(CSC(F)(F)C(F)(F)C(F)(F)C(F)(F)C(F)(F)C(F)(F)C(F)(F)C(F)(F)C(F)(F)C(F)(F)F)CSC(F)(F)C(F)(F)C(F)(F)C(F)(F)C(F)(F)C(F)(F)C(F)(F)C(F)(F)C(F)(F)C(F)(F)F)C(CI)(CSC(F)(F)C(F)(F)C(F)(F)C(F)(F)C(F)(F)C(F)(F)C(F)(F)C(F)(F)C(F)(F)C(F)(F)F)CSC(F)(F)C(F)(F)C(F)(F)C(F)(F)C(F)(F)C(F)(F)C(F)(F)C(F)(F)C(F)(F)C(F)(F)F. The Labute approximate surface area is 739 Å². The maximum absolute atomic E-state index is 15.8. The Kier molecular flexibility index (Phi) is 33.9. The number of ether oxygens (including phenoxy) is 1. The summed E-state index contributed by atoms with van der Waals surface area (Å²) < 4.78 is 1200. The number of alkyl halides is 85. The van der Waals surface area contributed by atoms with Gasteiger partial charge in [0.05, 0.1) is 18.8 Å². The normalized spacial score (nSPS) is 18.7. The number of thioether (sulfide) groups is 4. The minimum absolute atomic E-state index is 0.788. The Balaban J connectivity index is 5.41. The fourth-order valence-corrected chi connectivity index (χ4v) is 15.8. The van der Waals surface area contributed by atoms with Crippen LogP contribution in [0.2, 0.25) is 0 Å². The van der Waals surface area contributed by atoms with Crippen LogP contribution in [0.5, 0.6) is 0 Å². The molecule has 0 radical (unpaired) electrons. The molecule has 2 unspecified atom stereocenters. The lowest BCUT2D eigenvalue weighted by molar-refractivity contribution is -0.472. The van der Waals surface area contributed by atoms with Crippen molar-refractivity contribution in [1.29, 1.82) is 0 Å². The van der Waals surface area contributed by atoms with E-state index in [1.54, 1.807) is 0 Å². The first-order chi connectivity index (χ1) is 59.6. The summed E-state index contributed by atoms with van der Waals surface area (Å²) in [5.74, 6) is -344. The molecule has 846 valence electrons. The van der Waals surface area contributed by atoms with Gasteiger partial charge in [0.1, 0.15) is 0 Å². The maximum atomic E-state index is 15.8. The summed E-state index contributed by atoms with van der Waals surface area (Å²) in [7, 11) is 0. The molecule has 0 aromatic carbocycles. The van der Waals surface area contributed by atoms with Crippen LogP contribution in [0.3, 0.4) is 0 Å². The molecule has 0 saturated carbocycles. The van der Waals surface area contributed by atoms with Crippen molar-refractivity contribution in [2.45, 2.75) is 247 Å². The van der Waals surface area contributed by atoms with Gasteiger partial charge in [0.2, 0.25) is 0 Å². The van der Waals surface area contributed by atoms with Gasteiger partial charge in [-0.1, -0.05) is 69.6 Å². The summed E-state index contributed by atoms with van der Waals surface area (Å²) in [6.07, 6.45) is -46.8. The third kappa shape index (κ3) is 17.6. The number of hydrogen-bond donors (Lipinski definition) is 1. The minimum Gasteiger partial charge on any atom is -0.390 e. The second-order valence-corrected chi connectivity index (χ2v) is 32.8. The molecular formula is C50H15F84IO2S4. The van der Waals surface area contributed by atoms with E-state index in [4.69, 9.17) is 0 Å². The molecule has 0 spiro atoms. The summed E-state index contributed by atoms with van der Waals surface area (Å²) in [5.41, 5.74) is -12.2. The molecule has 1 fully saturated rings. The molecule has 91 heteroatoms. The maximum Gasteiger partial charge on any atom is 0.460 e. The van der Waals surface area contributed by atoms with Crippen molar-refractivity contribution >= 4 is 69.6 Å². The molecule has 0 aromatic rings. The standard InChI is InChI=1S/C50H15F84IO2S4/c51-11(52,19(67,68)27(83,84)35(99,100)43(115,116)117)15(59,60)23(75,76)31(91,92)39(107,108)47(127,128)138-3-9(1-135,4-139-48(129,130)40(109,110)32(93,94)24(77,78)16(61,62)12(53,54)20(69,70)28(85,86)36(101,102)44(118,119)120)7(136)8-10(2-137-8,5-140-49(131,132)41(111,112)33(95,96)25(79,80)17(63,64)13(55,56)21(71,72)29(87,88)37(103,104)45(121,122)123)6-141-50(133,134)42(113,114)34(97,98)26(81,82)18(65,66)14(57,58)22(73,74)30(89,90)38(105,106)46(124,125)126/h7-8,136H,1-6H2. The van der Waals surface area contributed by atoms with Crippen LogP contribution in [0.4, 0.5) is 369 Å². The van der Waals surface area contributed by atoms with Crippen LogP contribution in [0.15, 0.2) is 0 Å². The fourth-order valence-electron chi connectivity index (χ4n) is 9.30. The molecule has 0 aromatic heterocycles. The van der Waals surface area contributed by atoms with Gasteiger partial charge in [-0.15, -0.1) is 0 Å². The highest BCUT2D eigenvalue weighted by molar-refractivity contribution is 14.1. The molecule has 1 rings (SSSR count). The third-order valence-electron chi connectivity index (χ3n) is 18.4. The lowest BCUT2D eigenvalue weighted by Gasteiger charge is -2.55. The van der Waals surface area contributed by atoms with Crippen molar-refractivity contribution in [3.8, 4) is 0 Å². The van der Waals surface area contributed by atoms with E-state index in [2.05, 4.69) is 4.74 Å². The van der Waals surface area contributed by atoms with E-state index >= 15 is 105 Å². The van der Waals surface area contributed by atoms with Crippen molar-refractivity contribution in [2.75, 3.05) is 34.0 Å². The van der Waals surface area contributed by atoms with Gasteiger partial charge in [0, 0.05) is 38.3 Å². The molecule has 0 aliphatic carbocycles. The molecular weight excluding hydrogens is 2480 g/mol. The van der Waals surface area contributed by atoms with Crippen LogP contribution in [0.1, 0.15) is 0 Å². The molecule has 2 nitrogen and oxygen atoms in total. The lowest BCUT2D eigenvalue weighted by Crippen LogP contribution is -2.76. The second kappa shape index (κ2) is 35.4. The van der Waals surface area contributed by atoms with E-state index in [0.29, 0.717) is 0 Å². The van der Waals surface area contributed by atoms with E-state index in [1.165, 1.54) is 0 Å². The summed E-state index contributed by atoms with van der Waals surface area (Å²) in [6, 6.07) is 0. The quantitative estimate of drug-likeness (QED) is 0.0371. The van der Waals surface area contributed by atoms with Crippen molar-refractivity contribution in [3.05, 3.63) is 0 Å². The van der Waals surface area contributed by atoms with E-state index < -0.39 is 362 Å². The van der Waals surface area contributed by atoms with Gasteiger partial charge in [-0.3, -0.25) is 0 Å². The summed E-state index contributed by atoms with van der Waals surface area (Å²) in [6.45, 7) is -3.82. The van der Waals surface area contributed by atoms with Crippen molar-refractivity contribution in [1.82, 2.24) is 0 Å². The van der Waals surface area contributed by atoms with E-state index in [1.807, 2.05) is 0 Å². The summed E-state index contributed by atoms with van der Waals surface area (Å²) in [4.78, 5) is 0. The molecule has 0 amide bonds. The highest BCUT2D eigenvalue weighted by Crippen LogP contribution is 2.76. The molecule has 2 atom stereocenters. The highest BCUT2D eigenvalue weighted by Gasteiger charge is 3.05. The first-order valence-electron chi connectivity index (χ1n) is 30.9. The number of hydrogen-bond acceptors (Lipinski definition) is 6. The van der Waals surface area contributed by atoms with Gasteiger partial charge in [-0.25, -0.2) is 0 Å². The molecule has 1 heterocycles. The highest BCUT2D eigenvalue weighted by atomic mass is 127. The molecule has 1 aliphatic rings. The summed E-state index contributed by atoms with van der Waals surface area (Å²) >= 11 is -17.1. The van der Waals surface area contributed by atoms with Gasteiger partial charge in [-0.05, 0) is 0 Å².